The van der Waals surface area contributed by atoms with Gasteiger partial charge < -0.3 is 14.9 Å². The lowest BCUT2D eigenvalue weighted by molar-refractivity contribution is -0.116. The fraction of sp³-hybridized carbons (Fsp3) is 0.566. The van der Waals surface area contributed by atoms with Crippen LogP contribution in [0.2, 0.25) is 0 Å². The first kappa shape index (κ1) is 46.9. The lowest BCUT2D eigenvalue weighted by Crippen LogP contribution is -2.45. The average Bonchev–Trinajstić information content (AvgIpc) is 3.74. The van der Waals surface area contributed by atoms with Gasteiger partial charge in [0.15, 0.2) is 4.69 Å². The molecule has 10 atom stereocenters. The van der Waals surface area contributed by atoms with Crippen LogP contribution in [-0.2, 0) is 24.2 Å². The van der Waals surface area contributed by atoms with Gasteiger partial charge in [0.1, 0.15) is 18.1 Å². The van der Waals surface area contributed by atoms with Crippen molar-refractivity contribution in [1.82, 2.24) is 0 Å². The molecule has 0 aliphatic heterocycles. The van der Waals surface area contributed by atoms with Gasteiger partial charge in [-0.3, -0.25) is 4.79 Å². The van der Waals surface area contributed by atoms with E-state index in [4.69, 9.17) is 4.74 Å². The van der Waals surface area contributed by atoms with E-state index in [-0.39, 0.29) is 69.6 Å². The van der Waals surface area contributed by atoms with E-state index in [1.807, 2.05) is 62.4 Å². The summed E-state index contributed by atoms with van der Waals surface area (Å²) < 4.78 is 90.2. The maximum atomic E-state index is 14.1. The van der Waals surface area contributed by atoms with Crippen LogP contribution in [0.5, 0.6) is 11.5 Å². The fourth-order valence-electron chi connectivity index (χ4n) is 14.0. The average molecular weight is 956 g/mol. The van der Waals surface area contributed by atoms with Gasteiger partial charge in [-0.15, -0.1) is 0 Å². The van der Waals surface area contributed by atoms with Crippen molar-refractivity contribution in [2.45, 2.75) is 135 Å². The molecule has 9 rings (SSSR count). The summed E-state index contributed by atoms with van der Waals surface area (Å²) in [5.74, 6) is 1.88. The largest absolute Gasteiger partial charge is 0.508 e. The summed E-state index contributed by atoms with van der Waals surface area (Å²) in [7, 11) is 0. The third kappa shape index (κ3) is 9.24. The highest BCUT2D eigenvalue weighted by molar-refractivity contribution is 9.18. The standard InChI is InChI=1S/C30H35F3O2.C23H26BrF3O2/c1-29-15-14-25-24-13-11-23(35-19-20-7-3-2-4-8-20)17-21(24)10-12-26(25)28(29)22(9-5-6-16-34)18-27(29)30(31,32)33;1-22-10-9-17-16-8-6-15(28)11-13(16)5-7-18(17)21(22)14(3-2-4-20(24)29)12-19(22)23(25,26)27/h2-4,7-8,11,13,17-18,22,25-26,28,34H,5-6,9-10,12,14-16,19H2,1H3;6,8,11-12,14,17-18,21,28H,2-5,7,9-10H2,1H3/t22?,25?,26?,28?,29-;14?,17?,18?,21?,22-/m11/s1. The summed E-state index contributed by atoms with van der Waals surface area (Å²) in [4.78, 5) is 11.3. The SMILES string of the molecule is C[C@]12CCC3c4ccc(O)cc4CCC3C1C(CCCC(=O)Br)C=C2C(F)(F)F.C[C@]12CCC3c4ccc(OCc5ccccc5)cc4CCC3C1C(CCCCO)C=C2C(F)(F)F. The van der Waals surface area contributed by atoms with Gasteiger partial charge in [0.05, 0.1) is 0 Å². The zero-order chi connectivity index (χ0) is 45.6. The maximum absolute atomic E-state index is 14.1. The summed E-state index contributed by atoms with van der Waals surface area (Å²) in [5, 5.41) is 19.0. The van der Waals surface area contributed by atoms with Crippen LogP contribution in [0.3, 0.4) is 0 Å². The lowest BCUT2D eigenvalue weighted by atomic mass is 9.52. The first-order valence-electron chi connectivity index (χ1n) is 23.4. The van der Waals surface area contributed by atoms with Crippen LogP contribution in [0.4, 0.5) is 26.3 Å². The van der Waals surface area contributed by atoms with E-state index in [0.29, 0.717) is 51.0 Å². The molecule has 0 amide bonds. The number of fused-ring (bicyclic) bond motifs is 10. The maximum Gasteiger partial charge on any atom is 0.412 e. The van der Waals surface area contributed by atoms with E-state index in [0.717, 1.165) is 68.2 Å². The van der Waals surface area contributed by atoms with Crippen molar-refractivity contribution < 1.29 is 46.1 Å². The van der Waals surface area contributed by atoms with Crippen molar-refractivity contribution in [3.8, 4) is 11.5 Å². The summed E-state index contributed by atoms with van der Waals surface area (Å²) in [6.07, 6.45) is 4.31. The Morgan fingerprint density at radius 3 is 1.78 bits per heavy atom. The zero-order valence-corrected chi connectivity index (χ0v) is 38.4. The van der Waals surface area contributed by atoms with E-state index < -0.39 is 23.2 Å². The van der Waals surface area contributed by atoms with Crippen molar-refractivity contribution in [3.63, 3.8) is 0 Å². The summed E-state index contributed by atoms with van der Waals surface area (Å²) >= 11 is 2.93. The number of phenols is 1. The van der Waals surface area contributed by atoms with Gasteiger partial charge in [-0.1, -0.05) is 74.9 Å². The summed E-state index contributed by atoms with van der Waals surface area (Å²) in [6, 6.07) is 21.9. The minimum atomic E-state index is -4.31. The van der Waals surface area contributed by atoms with Gasteiger partial charge >= 0.3 is 12.4 Å². The van der Waals surface area contributed by atoms with Crippen LogP contribution < -0.4 is 4.74 Å². The number of halogens is 7. The number of ether oxygens (including phenoxy) is 1. The number of allylic oxidation sites excluding steroid dienone is 4. The predicted molar refractivity (Wildman–Crippen MR) is 240 cm³/mol. The molecule has 2 N–H and O–H groups in total. The second kappa shape index (κ2) is 18.6. The molecule has 0 bridgehead atoms. The molecule has 0 radical (unpaired) electrons. The van der Waals surface area contributed by atoms with Gasteiger partial charge in [0.2, 0.25) is 0 Å². The molecule has 0 saturated heterocycles. The molecule has 0 heterocycles. The molecule has 0 aromatic heterocycles. The molecule has 4 nitrogen and oxygen atoms in total. The Kier molecular flexibility index (Phi) is 13.6. The number of aryl methyl sites for hydroxylation is 2. The highest BCUT2D eigenvalue weighted by Gasteiger charge is 2.62. The number of aromatic hydroxyl groups is 1. The second-order valence-electron chi connectivity index (χ2n) is 20.1. The zero-order valence-electron chi connectivity index (χ0n) is 36.8. The Labute approximate surface area is 382 Å². The second-order valence-corrected chi connectivity index (χ2v) is 20.9. The predicted octanol–water partition coefficient (Wildman–Crippen LogP) is 14.3. The van der Waals surface area contributed by atoms with Crippen LogP contribution in [-0.4, -0.2) is 33.9 Å². The Morgan fingerprint density at radius 1 is 0.719 bits per heavy atom. The van der Waals surface area contributed by atoms with E-state index in [1.165, 1.54) is 22.8 Å². The third-order valence-corrected chi connectivity index (χ3v) is 16.9. The van der Waals surface area contributed by atoms with E-state index >= 15 is 0 Å². The van der Waals surface area contributed by atoms with Gasteiger partial charge in [-0.2, -0.15) is 26.3 Å². The molecule has 0 spiro atoms. The molecular weight excluding hydrogens is 894 g/mol. The third-order valence-electron chi connectivity index (χ3n) is 16.5. The molecule has 64 heavy (non-hydrogen) atoms. The first-order valence-corrected chi connectivity index (χ1v) is 24.2. The number of carbonyl (C=O) groups is 1. The van der Waals surface area contributed by atoms with E-state index in [1.54, 1.807) is 12.1 Å². The number of carbonyl (C=O) groups excluding carboxylic acids is 1. The number of rotatable bonds is 11. The number of aliphatic hydroxyl groups is 1. The van der Waals surface area contributed by atoms with Crippen molar-refractivity contribution >= 4 is 20.6 Å². The van der Waals surface area contributed by atoms with Crippen molar-refractivity contribution in [2.24, 2.45) is 46.3 Å². The molecule has 2 fully saturated rings. The minimum Gasteiger partial charge on any atom is -0.508 e. The van der Waals surface area contributed by atoms with Crippen molar-refractivity contribution in [2.75, 3.05) is 6.61 Å². The van der Waals surface area contributed by atoms with Crippen molar-refractivity contribution in [1.29, 1.82) is 0 Å². The van der Waals surface area contributed by atoms with Crippen molar-refractivity contribution in [3.05, 3.63) is 118 Å². The highest BCUT2D eigenvalue weighted by atomic mass is 79.9. The molecule has 8 unspecified atom stereocenters. The summed E-state index contributed by atoms with van der Waals surface area (Å²) in [6.45, 7) is 4.30. The molecular formula is C53H61BrF6O4. The number of phenolic OH excluding ortho intramolecular Hbond substituents is 1. The topological polar surface area (TPSA) is 66.8 Å². The fourth-order valence-corrected chi connectivity index (χ4v) is 14.3. The van der Waals surface area contributed by atoms with Crippen LogP contribution in [0.1, 0.15) is 131 Å². The Balaban J connectivity index is 0.000000178. The normalized spacial score (nSPS) is 31.4. The van der Waals surface area contributed by atoms with Gasteiger partial charge in [-0.05, 0) is 192 Å². The first-order chi connectivity index (χ1) is 30.4. The van der Waals surface area contributed by atoms with Gasteiger partial charge in [-0.25, -0.2) is 0 Å². The molecule has 3 aromatic carbocycles. The quantitative estimate of drug-likeness (QED) is 0.0870. The minimum absolute atomic E-state index is 0.0127. The Hall–Kier alpha value is -3.57. The number of alkyl halides is 6. The monoisotopic (exact) mass is 954 g/mol. The van der Waals surface area contributed by atoms with Gasteiger partial charge in [0, 0.05) is 35.0 Å². The molecule has 2 saturated carbocycles. The molecule has 6 aliphatic carbocycles. The Bertz CT molecular complexity index is 2220. The summed E-state index contributed by atoms with van der Waals surface area (Å²) in [5.41, 5.74) is 3.77. The number of hydrogen-bond acceptors (Lipinski definition) is 4. The van der Waals surface area contributed by atoms with Crippen LogP contribution in [0, 0.1) is 46.3 Å². The number of hydrogen-bond donors (Lipinski definition) is 2. The van der Waals surface area contributed by atoms with E-state index in [9.17, 15) is 41.4 Å². The number of aliphatic hydroxyl groups excluding tert-OH is 1. The molecule has 11 heteroatoms. The van der Waals surface area contributed by atoms with Crippen LogP contribution >= 0.6 is 15.9 Å². The van der Waals surface area contributed by atoms with Crippen LogP contribution in [0.25, 0.3) is 0 Å². The molecule has 6 aliphatic rings. The Morgan fingerprint density at radius 2 is 1.25 bits per heavy atom. The van der Waals surface area contributed by atoms with Gasteiger partial charge in [0.25, 0.3) is 0 Å². The lowest BCUT2D eigenvalue weighted by Gasteiger charge is -2.52. The molecule has 3 aromatic rings. The van der Waals surface area contributed by atoms with Crippen LogP contribution in [0.15, 0.2) is 90.0 Å². The number of unbranched alkanes of at least 4 members (excludes halogenated alkanes) is 1. The van der Waals surface area contributed by atoms with E-state index in [2.05, 4.69) is 28.1 Å². The molecule has 346 valence electrons. The smallest absolute Gasteiger partial charge is 0.412 e. The highest BCUT2D eigenvalue weighted by Crippen LogP contribution is 2.67. The number of benzene rings is 3.